The topological polar surface area (TPSA) is 12.0 Å². The fourth-order valence-corrected chi connectivity index (χ4v) is 0.731. The minimum atomic E-state index is -1.31. The van der Waals surface area contributed by atoms with E-state index in [1.807, 2.05) is 0 Å². The van der Waals surface area contributed by atoms with Gasteiger partial charge in [0, 0.05) is 18.9 Å². The minimum Gasteiger partial charge on any atom is -0.312 e. The highest BCUT2D eigenvalue weighted by Gasteiger charge is 2.11. The molecular weight excluding hydrogens is 98.1 g/mol. The normalized spacial score (nSPS) is 94.8. The van der Waals surface area contributed by atoms with E-state index >= 15 is 0 Å². The second-order valence-electron chi connectivity index (χ2n) is 2.02. The Hall–Kier alpha value is -0.0400. The second kappa shape index (κ2) is 2.49. The molecule has 1 fully saturated rings. The molecule has 0 aliphatic carbocycles. The molecule has 1 N–H and O–H groups in total. The van der Waals surface area contributed by atoms with Crippen molar-refractivity contribution in [2.24, 2.45) is 0 Å². The third kappa shape index (κ3) is 1.48. The van der Waals surface area contributed by atoms with Crippen molar-refractivity contribution in [3.63, 3.8) is 0 Å². The van der Waals surface area contributed by atoms with E-state index in [1.165, 1.54) is 13.8 Å². The summed E-state index contributed by atoms with van der Waals surface area (Å²) in [5.41, 5.74) is 0. The summed E-state index contributed by atoms with van der Waals surface area (Å²) in [6.07, 6.45) is -2.95. The summed E-state index contributed by atoms with van der Waals surface area (Å²) >= 11 is 0. The Balaban J connectivity index is 2.93. The fraction of sp³-hybridized carbons (Fsp3) is 1.00. The van der Waals surface area contributed by atoms with Crippen LogP contribution in [0, 0.1) is 0 Å². The van der Waals surface area contributed by atoms with Gasteiger partial charge in [-0.25, -0.2) is 0 Å². The number of hydrogen-bond acceptors (Lipinski definition) is 1. The fourth-order valence-electron chi connectivity index (χ4n) is 0.731. The van der Waals surface area contributed by atoms with Crippen LogP contribution in [0.4, 0.5) is 0 Å². The van der Waals surface area contributed by atoms with Gasteiger partial charge in [0.2, 0.25) is 0 Å². The summed E-state index contributed by atoms with van der Waals surface area (Å²) in [6, 6.07) is -2.61. The van der Waals surface area contributed by atoms with Gasteiger partial charge in [-0.1, -0.05) is 6.40 Å². The number of piperidine rings is 1. The molecule has 0 saturated carbocycles. The zero-order chi connectivity index (χ0) is 10.4. The minimum absolute atomic E-state index is 0.978. The molecule has 0 aromatic carbocycles. The molecule has 3 unspecified atom stereocenters. The first kappa shape index (κ1) is 2.30. The molecule has 0 radical (unpaired) electrons. The van der Waals surface area contributed by atoms with Gasteiger partial charge in [-0.3, -0.25) is 0 Å². The zero-order valence-electron chi connectivity index (χ0n) is 10.2. The highest BCUT2D eigenvalue weighted by Crippen LogP contribution is 2.10. The summed E-state index contributed by atoms with van der Waals surface area (Å²) in [6.45, 7) is 2.95. The van der Waals surface area contributed by atoms with Gasteiger partial charge < -0.3 is 5.32 Å². The van der Waals surface area contributed by atoms with E-state index in [4.69, 9.17) is 6.85 Å². The monoisotopic (exact) mass is 118 g/mol. The van der Waals surface area contributed by atoms with Crippen LogP contribution in [-0.4, -0.2) is 12.0 Å². The molecule has 1 heterocycles. The molecular formula is C7H15N. The third-order valence-corrected chi connectivity index (χ3v) is 1.09. The maximum absolute atomic E-state index is 7.69. The van der Waals surface area contributed by atoms with E-state index in [1.54, 1.807) is 0 Å². The maximum Gasteiger partial charge on any atom is 0.0462 e. The van der Waals surface area contributed by atoms with Gasteiger partial charge in [0.15, 0.2) is 0 Å². The van der Waals surface area contributed by atoms with E-state index in [0.29, 0.717) is 0 Å². The highest BCUT2D eigenvalue weighted by atomic mass is 14.9. The van der Waals surface area contributed by atoms with E-state index in [2.05, 4.69) is 5.32 Å². The van der Waals surface area contributed by atoms with Crippen LogP contribution in [0.25, 0.3) is 0 Å². The summed E-state index contributed by atoms with van der Waals surface area (Å²) < 4.78 is 38.0. The van der Waals surface area contributed by atoms with Crippen molar-refractivity contribution >= 4 is 0 Å². The smallest absolute Gasteiger partial charge is 0.0462 e. The van der Waals surface area contributed by atoms with Crippen molar-refractivity contribution < 1.29 is 6.85 Å². The molecule has 1 aliphatic rings. The van der Waals surface area contributed by atoms with Gasteiger partial charge in [-0.2, -0.15) is 0 Å². The van der Waals surface area contributed by atoms with Crippen molar-refractivity contribution in [2.75, 3.05) is 0 Å². The lowest BCUT2D eigenvalue weighted by Crippen LogP contribution is -2.38. The molecule has 1 heteroatoms. The van der Waals surface area contributed by atoms with Crippen molar-refractivity contribution in [3.05, 3.63) is 0 Å². The molecule has 1 nitrogen and oxygen atoms in total. The summed E-state index contributed by atoms with van der Waals surface area (Å²) in [4.78, 5) is 0. The molecule has 48 valence electrons. The van der Waals surface area contributed by atoms with Crippen LogP contribution in [0.15, 0.2) is 0 Å². The second-order valence-corrected chi connectivity index (χ2v) is 2.02. The van der Waals surface area contributed by atoms with Gasteiger partial charge in [-0.15, -0.1) is 0 Å². The SMILES string of the molecule is [2H]C1C([2H])[C@@]([2H])(C)N[C@@]([2H])(C)C1[2H]. The van der Waals surface area contributed by atoms with Crippen LogP contribution in [0.5, 0.6) is 0 Å². The quantitative estimate of drug-likeness (QED) is 0.508. The first-order chi connectivity index (χ1) is 5.68. The van der Waals surface area contributed by atoms with Crippen molar-refractivity contribution in [2.45, 2.75) is 45.1 Å². The molecule has 1 saturated heterocycles. The van der Waals surface area contributed by atoms with E-state index in [0.717, 1.165) is 0 Å². The Morgan fingerprint density at radius 3 is 2.50 bits per heavy atom. The van der Waals surface area contributed by atoms with Crippen molar-refractivity contribution in [3.8, 4) is 0 Å². The van der Waals surface area contributed by atoms with Crippen LogP contribution in [0.1, 0.15) is 39.9 Å². The molecule has 0 amide bonds. The average molecular weight is 118 g/mol. The Bertz CT molecular complexity index is 185. The van der Waals surface area contributed by atoms with E-state index in [-0.39, 0.29) is 0 Å². The standard InChI is InChI=1S/C7H15N/c1-6-4-3-5-7(2)8-6/h6-8H,3-5H2,1-2H3/t6-,7+/i3D,4D,5D,6D,7D/t3?,4?,5?,6-,7+. The van der Waals surface area contributed by atoms with E-state index in [9.17, 15) is 0 Å². The average Bonchev–Trinajstić information content (AvgIpc) is 1.96. The predicted molar refractivity (Wildman–Crippen MR) is 35.9 cm³/mol. The number of rotatable bonds is 0. The molecule has 5 atom stereocenters. The van der Waals surface area contributed by atoms with Gasteiger partial charge >= 0.3 is 0 Å². The molecule has 0 bridgehead atoms. The lowest BCUT2D eigenvalue weighted by molar-refractivity contribution is 0.352. The lowest BCUT2D eigenvalue weighted by Gasteiger charge is -2.25. The van der Waals surface area contributed by atoms with Crippen LogP contribution < -0.4 is 5.32 Å². The molecule has 0 aromatic rings. The largest absolute Gasteiger partial charge is 0.312 e. The van der Waals surface area contributed by atoms with Crippen LogP contribution in [0.2, 0.25) is 0 Å². The first-order valence-electron chi connectivity index (χ1n) is 5.48. The molecule has 8 heavy (non-hydrogen) atoms. The van der Waals surface area contributed by atoms with Crippen molar-refractivity contribution in [1.82, 2.24) is 5.32 Å². The Kier molecular flexibility index (Phi) is 0.715. The summed E-state index contributed by atoms with van der Waals surface area (Å²) in [5.74, 6) is 0. The molecule has 0 aromatic heterocycles. The summed E-state index contributed by atoms with van der Waals surface area (Å²) in [7, 11) is 0. The lowest BCUT2D eigenvalue weighted by atomic mass is 10.0. The van der Waals surface area contributed by atoms with Crippen LogP contribution in [0.3, 0.4) is 0 Å². The maximum atomic E-state index is 7.69. The number of hydrogen-bond donors (Lipinski definition) is 1. The number of nitrogens with one attached hydrogen (secondary N) is 1. The Labute approximate surface area is 58.5 Å². The molecule has 1 aliphatic heterocycles. The molecule has 0 spiro atoms. The van der Waals surface area contributed by atoms with E-state index < -0.39 is 31.2 Å². The summed E-state index contributed by atoms with van der Waals surface area (Å²) in [5, 5.41) is 2.60. The zero-order valence-corrected chi connectivity index (χ0v) is 5.23. The van der Waals surface area contributed by atoms with Gasteiger partial charge in [0.05, 0.1) is 0 Å². The van der Waals surface area contributed by atoms with Gasteiger partial charge in [0.25, 0.3) is 0 Å². The van der Waals surface area contributed by atoms with Crippen LogP contribution in [-0.2, 0) is 0 Å². The predicted octanol–water partition coefficient (Wildman–Crippen LogP) is 1.54. The Morgan fingerprint density at radius 2 is 2.00 bits per heavy atom. The highest BCUT2D eigenvalue weighted by molar-refractivity contribution is 4.73. The Morgan fingerprint density at radius 1 is 1.50 bits per heavy atom. The van der Waals surface area contributed by atoms with Crippen molar-refractivity contribution in [1.29, 1.82) is 0 Å². The molecule has 1 rings (SSSR count). The van der Waals surface area contributed by atoms with Gasteiger partial charge in [0.1, 0.15) is 0 Å². The third-order valence-electron chi connectivity index (χ3n) is 1.09. The van der Waals surface area contributed by atoms with Crippen LogP contribution >= 0.6 is 0 Å². The first-order valence-corrected chi connectivity index (χ1v) is 2.74. The van der Waals surface area contributed by atoms with Gasteiger partial charge in [-0.05, 0) is 26.6 Å².